The quantitative estimate of drug-likeness (QED) is 0.157. The lowest BCUT2D eigenvalue weighted by atomic mass is 10.0. The normalized spacial score (nSPS) is 11.0. The minimum absolute atomic E-state index is 0.143. The summed E-state index contributed by atoms with van der Waals surface area (Å²) >= 11 is 0. The van der Waals surface area contributed by atoms with E-state index in [2.05, 4.69) is 0 Å². The molecular formula is C31H28F4O2. The molecule has 0 unspecified atom stereocenters. The molecule has 0 amide bonds. The van der Waals surface area contributed by atoms with Crippen molar-refractivity contribution in [2.24, 2.45) is 0 Å². The number of benzene rings is 4. The molecule has 4 aromatic carbocycles. The second-order valence-corrected chi connectivity index (χ2v) is 8.97. The van der Waals surface area contributed by atoms with Crippen molar-refractivity contribution in [1.82, 2.24) is 0 Å². The molecule has 0 heterocycles. The fourth-order valence-electron chi connectivity index (χ4n) is 3.94. The van der Waals surface area contributed by atoms with Gasteiger partial charge in [-0.05, 0) is 68.5 Å². The summed E-state index contributed by atoms with van der Waals surface area (Å²) in [6.07, 6.45) is 1.78. The minimum Gasteiger partial charge on any atom is -0.490 e. The van der Waals surface area contributed by atoms with Crippen LogP contribution in [-0.2, 0) is 0 Å². The van der Waals surface area contributed by atoms with Gasteiger partial charge in [0.25, 0.3) is 0 Å². The Kier molecular flexibility index (Phi) is 8.49. The summed E-state index contributed by atoms with van der Waals surface area (Å²) in [6.45, 7) is 4.22. The van der Waals surface area contributed by atoms with Gasteiger partial charge in [0, 0.05) is 11.1 Å². The van der Waals surface area contributed by atoms with E-state index in [1.165, 1.54) is 24.3 Å². The fraction of sp³-hybridized carbons (Fsp3) is 0.226. The van der Waals surface area contributed by atoms with Crippen LogP contribution >= 0.6 is 0 Å². The van der Waals surface area contributed by atoms with Gasteiger partial charge in [0.2, 0.25) is 11.6 Å². The molecule has 192 valence electrons. The van der Waals surface area contributed by atoms with Crippen molar-refractivity contribution < 1.29 is 27.0 Å². The zero-order chi connectivity index (χ0) is 26.4. The van der Waals surface area contributed by atoms with Crippen molar-refractivity contribution >= 4 is 0 Å². The summed E-state index contributed by atoms with van der Waals surface area (Å²) < 4.78 is 68.9. The molecule has 0 aliphatic carbocycles. The van der Waals surface area contributed by atoms with E-state index in [0.717, 1.165) is 11.1 Å². The summed E-state index contributed by atoms with van der Waals surface area (Å²) in [5.41, 5.74) is 3.60. The van der Waals surface area contributed by atoms with Gasteiger partial charge < -0.3 is 9.47 Å². The third-order valence-corrected chi connectivity index (χ3v) is 6.12. The molecule has 0 bridgehead atoms. The molecule has 4 rings (SSSR count). The molecule has 37 heavy (non-hydrogen) atoms. The summed E-state index contributed by atoms with van der Waals surface area (Å²) in [7, 11) is 0. The molecule has 0 aliphatic heterocycles. The average molecular weight is 509 g/mol. The van der Waals surface area contributed by atoms with Crippen molar-refractivity contribution in [1.29, 1.82) is 0 Å². The molecule has 0 aromatic heterocycles. The second-order valence-electron chi connectivity index (χ2n) is 8.97. The van der Waals surface area contributed by atoms with Crippen molar-refractivity contribution in [3.05, 3.63) is 107 Å². The smallest absolute Gasteiger partial charge is 0.201 e. The monoisotopic (exact) mass is 508 g/mol. The lowest BCUT2D eigenvalue weighted by Gasteiger charge is -2.12. The number of ether oxygens (including phenoxy) is 2. The first kappa shape index (κ1) is 26.3. The number of hydrogen-bond donors (Lipinski definition) is 0. The fourth-order valence-corrected chi connectivity index (χ4v) is 3.94. The van der Waals surface area contributed by atoms with Gasteiger partial charge in [0.05, 0.1) is 13.2 Å². The standard InChI is InChI=1S/C31H28F4O2/c1-20-6-10-22(11-7-20)24-14-16-26(30(34)28(24)32)36-18-4-3-5-19-37-27-17-15-25(29(33)31(27)35)23-12-8-21(2)9-13-23/h6-17H,3-5,18-19H2,1-2H3. The predicted octanol–water partition coefficient (Wildman–Crippen LogP) is 8.82. The maximum atomic E-state index is 14.6. The summed E-state index contributed by atoms with van der Waals surface area (Å²) in [5, 5.41) is 0. The SMILES string of the molecule is Cc1ccc(-c2ccc(OCCCCCOc3ccc(-c4ccc(C)cc4)c(F)c3F)c(F)c2F)cc1. The first-order valence-electron chi connectivity index (χ1n) is 12.2. The van der Waals surface area contributed by atoms with Crippen LogP contribution in [-0.4, -0.2) is 13.2 Å². The summed E-state index contributed by atoms with van der Waals surface area (Å²) in [4.78, 5) is 0. The number of halogens is 4. The molecule has 0 aliphatic rings. The van der Waals surface area contributed by atoms with E-state index in [1.54, 1.807) is 24.3 Å². The van der Waals surface area contributed by atoms with E-state index in [4.69, 9.17) is 9.47 Å². The third kappa shape index (κ3) is 6.31. The molecule has 0 saturated carbocycles. The lowest BCUT2D eigenvalue weighted by Crippen LogP contribution is -2.04. The van der Waals surface area contributed by atoms with E-state index >= 15 is 0 Å². The van der Waals surface area contributed by atoms with Gasteiger partial charge in [-0.2, -0.15) is 8.78 Å². The number of rotatable bonds is 10. The highest BCUT2D eigenvalue weighted by atomic mass is 19.2. The van der Waals surface area contributed by atoms with Gasteiger partial charge >= 0.3 is 0 Å². The van der Waals surface area contributed by atoms with Crippen LogP contribution in [0.25, 0.3) is 22.3 Å². The Morgan fingerprint density at radius 1 is 0.459 bits per heavy atom. The Bertz CT molecular complexity index is 1240. The highest BCUT2D eigenvalue weighted by molar-refractivity contribution is 5.66. The largest absolute Gasteiger partial charge is 0.490 e. The van der Waals surface area contributed by atoms with Crippen LogP contribution in [0.1, 0.15) is 30.4 Å². The molecule has 0 atom stereocenters. The van der Waals surface area contributed by atoms with E-state index in [1.807, 2.05) is 38.1 Å². The van der Waals surface area contributed by atoms with Crippen LogP contribution in [0, 0.1) is 37.1 Å². The zero-order valence-corrected chi connectivity index (χ0v) is 20.8. The van der Waals surface area contributed by atoms with Crippen LogP contribution in [0.15, 0.2) is 72.8 Å². The van der Waals surface area contributed by atoms with Gasteiger partial charge in [-0.1, -0.05) is 59.7 Å². The second kappa shape index (κ2) is 12.0. The molecule has 6 heteroatoms. The van der Waals surface area contributed by atoms with E-state index in [0.29, 0.717) is 30.4 Å². The first-order valence-corrected chi connectivity index (χ1v) is 12.2. The first-order chi connectivity index (χ1) is 17.8. The number of hydrogen-bond acceptors (Lipinski definition) is 2. The third-order valence-electron chi connectivity index (χ3n) is 6.12. The van der Waals surface area contributed by atoms with Crippen LogP contribution in [0.3, 0.4) is 0 Å². The molecule has 0 spiro atoms. The van der Waals surface area contributed by atoms with Crippen LogP contribution < -0.4 is 9.47 Å². The Balaban J connectivity index is 1.23. The average Bonchev–Trinajstić information content (AvgIpc) is 2.90. The van der Waals surface area contributed by atoms with E-state index in [-0.39, 0.29) is 35.8 Å². The minimum atomic E-state index is -1.02. The van der Waals surface area contributed by atoms with E-state index < -0.39 is 23.3 Å². The van der Waals surface area contributed by atoms with Crippen molar-refractivity contribution in [3.63, 3.8) is 0 Å². The molecule has 0 N–H and O–H groups in total. The van der Waals surface area contributed by atoms with Gasteiger partial charge in [0.15, 0.2) is 23.1 Å². The topological polar surface area (TPSA) is 18.5 Å². The van der Waals surface area contributed by atoms with E-state index in [9.17, 15) is 17.6 Å². The van der Waals surface area contributed by atoms with Crippen LogP contribution in [0.2, 0.25) is 0 Å². The highest BCUT2D eigenvalue weighted by Crippen LogP contribution is 2.31. The molecular weight excluding hydrogens is 480 g/mol. The maximum Gasteiger partial charge on any atom is 0.201 e. The van der Waals surface area contributed by atoms with Gasteiger partial charge in [0.1, 0.15) is 0 Å². The number of aryl methyl sites for hydroxylation is 2. The Labute approximate surface area is 214 Å². The van der Waals surface area contributed by atoms with Gasteiger partial charge in [-0.25, -0.2) is 8.78 Å². The summed E-state index contributed by atoms with van der Waals surface area (Å²) in [6, 6.07) is 20.2. The Morgan fingerprint density at radius 2 is 0.838 bits per heavy atom. The molecule has 2 nitrogen and oxygen atoms in total. The maximum absolute atomic E-state index is 14.6. The Morgan fingerprint density at radius 3 is 1.22 bits per heavy atom. The summed E-state index contributed by atoms with van der Waals surface area (Å²) in [5.74, 6) is -4.22. The van der Waals surface area contributed by atoms with Crippen molar-refractivity contribution in [2.45, 2.75) is 33.1 Å². The number of unbranched alkanes of at least 4 members (excludes halogenated alkanes) is 2. The highest BCUT2D eigenvalue weighted by Gasteiger charge is 2.17. The van der Waals surface area contributed by atoms with Crippen LogP contribution in [0.4, 0.5) is 17.6 Å². The molecule has 0 fully saturated rings. The zero-order valence-electron chi connectivity index (χ0n) is 20.8. The Hall–Kier alpha value is -3.80. The molecule has 0 saturated heterocycles. The van der Waals surface area contributed by atoms with Gasteiger partial charge in [-0.3, -0.25) is 0 Å². The van der Waals surface area contributed by atoms with Crippen molar-refractivity contribution in [3.8, 4) is 33.8 Å². The van der Waals surface area contributed by atoms with Crippen LogP contribution in [0.5, 0.6) is 11.5 Å². The molecule has 4 aromatic rings. The lowest BCUT2D eigenvalue weighted by molar-refractivity contribution is 0.263. The molecule has 0 radical (unpaired) electrons. The van der Waals surface area contributed by atoms with Crippen molar-refractivity contribution in [2.75, 3.05) is 13.2 Å². The van der Waals surface area contributed by atoms with Gasteiger partial charge in [-0.15, -0.1) is 0 Å². The predicted molar refractivity (Wildman–Crippen MR) is 138 cm³/mol.